The van der Waals surface area contributed by atoms with Crippen molar-refractivity contribution < 1.29 is 14.7 Å². The zero-order chi connectivity index (χ0) is 28.8. The molecule has 1 aliphatic carbocycles. The van der Waals surface area contributed by atoms with E-state index in [1.54, 1.807) is 0 Å². The fourth-order valence-corrected chi connectivity index (χ4v) is 6.89. The number of benzene rings is 1. The molecule has 0 unspecified atom stereocenters. The summed E-state index contributed by atoms with van der Waals surface area (Å²) in [5.41, 5.74) is 0.601. The molecule has 2 amide bonds. The second kappa shape index (κ2) is 11.3. The molecule has 2 saturated heterocycles. The van der Waals surface area contributed by atoms with Gasteiger partial charge >= 0.3 is 0 Å². The summed E-state index contributed by atoms with van der Waals surface area (Å²) in [4.78, 5) is 34.5. The van der Waals surface area contributed by atoms with Gasteiger partial charge in [0.25, 0.3) is 0 Å². The highest BCUT2D eigenvalue weighted by Gasteiger charge is 2.47. The van der Waals surface area contributed by atoms with Crippen LogP contribution in [0.2, 0.25) is 5.02 Å². The third-order valence-electron chi connectivity index (χ3n) is 9.66. The van der Waals surface area contributed by atoms with Gasteiger partial charge in [0.15, 0.2) is 0 Å². The third kappa shape index (κ3) is 6.65. The molecular formula is C32H50ClN3O3. The van der Waals surface area contributed by atoms with Gasteiger partial charge in [-0.2, -0.15) is 0 Å². The van der Waals surface area contributed by atoms with E-state index in [2.05, 4.69) is 56.6 Å². The smallest absolute Gasteiger partial charge is 0.231 e. The van der Waals surface area contributed by atoms with Crippen LogP contribution in [0.4, 0.5) is 0 Å². The maximum Gasteiger partial charge on any atom is 0.231 e. The van der Waals surface area contributed by atoms with Gasteiger partial charge in [0.1, 0.15) is 0 Å². The summed E-state index contributed by atoms with van der Waals surface area (Å²) in [6.07, 6.45) is 4.92. The van der Waals surface area contributed by atoms with Gasteiger partial charge in [0.2, 0.25) is 11.8 Å². The van der Waals surface area contributed by atoms with Crippen molar-refractivity contribution in [2.75, 3.05) is 32.8 Å². The lowest BCUT2D eigenvalue weighted by molar-refractivity contribution is -0.149. The molecule has 4 rings (SSSR count). The van der Waals surface area contributed by atoms with Crippen LogP contribution in [0.25, 0.3) is 0 Å². The number of aliphatic hydroxyl groups excluding tert-OH is 1. The van der Waals surface area contributed by atoms with Gasteiger partial charge in [0.05, 0.1) is 24.0 Å². The Morgan fingerprint density at radius 2 is 1.59 bits per heavy atom. The number of carbonyl (C=O) groups excluding carboxylic acids is 2. The van der Waals surface area contributed by atoms with Crippen LogP contribution >= 0.6 is 11.6 Å². The minimum absolute atomic E-state index is 0.00686. The standard InChI is InChI=1S/C32H50ClN3O3/c1-30(2,3)35-19-26(22-8-10-23(33)11-9-22)27(20-35)28(38)34-17-14-25(18-34)36(29(39)32(6,7)21-37)24-12-15-31(4,5)16-13-24/h8-11,24-27,37H,12-21H2,1-7H3/t25-,26-,27+/m0/s1. The molecule has 1 N–H and O–H groups in total. The minimum Gasteiger partial charge on any atom is -0.395 e. The summed E-state index contributed by atoms with van der Waals surface area (Å²) in [6, 6.07) is 8.13. The van der Waals surface area contributed by atoms with E-state index < -0.39 is 5.41 Å². The number of aliphatic hydroxyl groups is 1. The highest BCUT2D eigenvalue weighted by atomic mass is 35.5. The number of halogens is 1. The summed E-state index contributed by atoms with van der Waals surface area (Å²) in [5, 5.41) is 10.7. The fourth-order valence-electron chi connectivity index (χ4n) is 6.76. The third-order valence-corrected chi connectivity index (χ3v) is 9.92. The van der Waals surface area contributed by atoms with E-state index in [1.807, 2.05) is 30.9 Å². The molecule has 3 atom stereocenters. The van der Waals surface area contributed by atoms with Crippen molar-refractivity contribution in [1.82, 2.24) is 14.7 Å². The van der Waals surface area contributed by atoms with Crippen LogP contribution < -0.4 is 0 Å². The molecule has 218 valence electrons. The van der Waals surface area contributed by atoms with Crippen LogP contribution in [0.15, 0.2) is 24.3 Å². The van der Waals surface area contributed by atoms with Crippen molar-refractivity contribution in [1.29, 1.82) is 0 Å². The van der Waals surface area contributed by atoms with Gasteiger partial charge < -0.3 is 14.9 Å². The van der Waals surface area contributed by atoms with Gasteiger partial charge in [-0.1, -0.05) is 37.6 Å². The largest absolute Gasteiger partial charge is 0.395 e. The van der Waals surface area contributed by atoms with Crippen molar-refractivity contribution in [3.05, 3.63) is 34.9 Å². The van der Waals surface area contributed by atoms with Crippen molar-refractivity contribution in [2.24, 2.45) is 16.7 Å². The minimum atomic E-state index is -0.831. The highest BCUT2D eigenvalue weighted by Crippen LogP contribution is 2.41. The lowest BCUT2D eigenvalue weighted by Gasteiger charge is -2.45. The van der Waals surface area contributed by atoms with E-state index in [9.17, 15) is 14.7 Å². The second-order valence-electron chi connectivity index (χ2n) is 14.7. The van der Waals surface area contributed by atoms with Gasteiger partial charge in [-0.15, -0.1) is 0 Å². The van der Waals surface area contributed by atoms with Gasteiger partial charge in [0, 0.05) is 48.7 Å². The first kappa shape index (κ1) is 30.3. The average Bonchev–Trinajstić information content (AvgIpc) is 3.53. The molecule has 2 aliphatic heterocycles. The fraction of sp³-hybridized carbons (Fsp3) is 0.750. The van der Waals surface area contributed by atoms with E-state index >= 15 is 0 Å². The van der Waals surface area contributed by atoms with E-state index in [0.717, 1.165) is 50.8 Å². The predicted molar refractivity (Wildman–Crippen MR) is 158 cm³/mol. The van der Waals surface area contributed by atoms with E-state index in [4.69, 9.17) is 11.6 Å². The second-order valence-corrected chi connectivity index (χ2v) is 15.2. The number of hydrogen-bond donors (Lipinski definition) is 1. The Labute approximate surface area is 241 Å². The molecule has 7 heteroatoms. The monoisotopic (exact) mass is 559 g/mol. The molecule has 3 fully saturated rings. The molecule has 39 heavy (non-hydrogen) atoms. The van der Waals surface area contributed by atoms with Gasteiger partial charge in [-0.25, -0.2) is 0 Å². The Morgan fingerprint density at radius 1 is 0.974 bits per heavy atom. The van der Waals surface area contributed by atoms with Crippen LogP contribution in [0.1, 0.15) is 92.1 Å². The van der Waals surface area contributed by atoms with Crippen molar-refractivity contribution in [2.45, 2.75) is 104 Å². The zero-order valence-electron chi connectivity index (χ0n) is 25.2. The highest BCUT2D eigenvalue weighted by molar-refractivity contribution is 6.30. The maximum atomic E-state index is 14.2. The van der Waals surface area contributed by atoms with Crippen LogP contribution in [-0.4, -0.2) is 82.0 Å². The number of amides is 2. The van der Waals surface area contributed by atoms with E-state index in [-0.39, 0.29) is 47.9 Å². The van der Waals surface area contributed by atoms with Gasteiger partial charge in [-0.05, 0) is 89.8 Å². The average molecular weight is 560 g/mol. The Hall–Kier alpha value is -1.63. The molecule has 3 aliphatic rings. The predicted octanol–water partition coefficient (Wildman–Crippen LogP) is 5.57. The first-order valence-corrected chi connectivity index (χ1v) is 15.2. The number of hydrogen-bond acceptors (Lipinski definition) is 4. The molecule has 2 heterocycles. The number of nitrogens with zero attached hydrogens (tertiary/aromatic N) is 3. The Balaban J connectivity index is 1.54. The van der Waals surface area contributed by atoms with E-state index in [0.29, 0.717) is 23.5 Å². The first-order valence-electron chi connectivity index (χ1n) is 14.9. The lowest BCUT2D eigenvalue weighted by Crippen LogP contribution is -2.55. The van der Waals surface area contributed by atoms with E-state index in [1.165, 1.54) is 0 Å². The normalized spacial score (nSPS) is 26.7. The summed E-state index contributed by atoms with van der Waals surface area (Å²) < 4.78 is 0. The van der Waals surface area contributed by atoms with Crippen LogP contribution in [0.5, 0.6) is 0 Å². The molecule has 1 aromatic rings. The van der Waals surface area contributed by atoms with Crippen molar-refractivity contribution in [3.63, 3.8) is 0 Å². The molecule has 0 aromatic heterocycles. The van der Waals surface area contributed by atoms with Crippen molar-refractivity contribution >= 4 is 23.4 Å². The SMILES string of the molecule is CC1(C)CCC(N(C(=O)C(C)(C)CO)[C@H]2CCN(C(=O)[C@@H]3CN(C(C)(C)C)C[C@H]3c3ccc(Cl)cc3)C2)CC1. The van der Waals surface area contributed by atoms with Gasteiger partial charge in [-0.3, -0.25) is 14.5 Å². The molecule has 0 bridgehead atoms. The van der Waals surface area contributed by atoms with Crippen molar-refractivity contribution in [3.8, 4) is 0 Å². The molecule has 0 spiro atoms. The number of likely N-dealkylation sites (tertiary alicyclic amines) is 2. The summed E-state index contributed by atoms with van der Waals surface area (Å²) in [5.74, 6) is 0.202. The summed E-state index contributed by atoms with van der Waals surface area (Å²) >= 11 is 6.18. The Morgan fingerprint density at radius 3 is 2.15 bits per heavy atom. The molecule has 1 aromatic carbocycles. The summed E-state index contributed by atoms with van der Waals surface area (Å²) in [7, 11) is 0. The topological polar surface area (TPSA) is 64.1 Å². The number of carbonyl (C=O) groups is 2. The first-order chi connectivity index (χ1) is 18.1. The maximum absolute atomic E-state index is 14.2. The molecular weight excluding hydrogens is 510 g/mol. The summed E-state index contributed by atoms with van der Waals surface area (Å²) in [6.45, 7) is 17.6. The molecule has 6 nitrogen and oxygen atoms in total. The quantitative estimate of drug-likeness (QED) is 0.495. The zero-order valence-corrected chi connectivity index (χ0v) is 25.9. The lowest BCUT2D eigenvalue weighted by atomic mass is 9.74. The van der Waals surface area contributed by atoms with Crippen LogP contribution in [0, 0.1) is 16.7 Å². The van der Waals surface area contributed by atoms with Crippen LogP contribution in [-0.2, 0) is 9.59 Å². The Kier molecular flexibility index (Phi) is 8.81. The Bertz CT molecular complexity index is 1020. The molecule has 1 saturated carbocycles. The molecule has 0 radical (unpaired) electrons. The number of rotatable bonds is 6. The van der Waals surface area contributed by atoms with Crippen LogP contribution in [0.3, 0.4) is 0 Å².